The van der Waals surface area contributed by atoms with E-state index in [1.165, 1.54) is 0 Å². The Hall–Kier alpha value is -1.57. The van der Waals surface area contributed by atoms with E-state index in [0.29, 0.717) is 29.8 Å². The summed E-state index contributed by atoms with van der Waals surface area (Å²) in [5, 5.41) is 4.70. The molecule has 1 aliphatic rings. The van der Waals surface area contributed by atoms with Gasteiger partial charge in [-0.1, -0.05) is 6.07 Å². The van der Waals surface area contributed by atoms with Crippen LogP contribution in [-0.4, -0.2) is 36.6 Å². The molecule has 0 fully saturated rings. The van der Waals surface area contributed by atoms with Crippen molar-refractivity contribution in [1.82, 2.24) is 0 Å². The minimum Gasteiger partial charge on any atom is -0.493 e. The zero-order chi connectivity index (χ0) is 17.1. The van der Waals surface area contributed by atoms with Crippen LogP contribution in [-0.2, 0) is 14.5 Å². The van der Waals surface area contributed by atoms with Gasteiger partial charge in [-0.2, -0.15) is 8.42 Å². The van der Waals surface area contributed by atoms with Gasteiger partial charge in [-0.25, -0.2) is 5.14 Å². The molecular weight excluding hydrogens is 348 g/mol. The fourth-order valence-electron chi connectivity index (χ4n) is 1.92. The van der Waals surface area contributed by atoms with Gasteiger partial charge >= 0.3 is 10.3 Å². The summed E-state index contributed by atoms with van der Waals surface area (Å²) in [5.41, 5.74) is 6.61. The van der Waals surface area contributed by atoms with Gasteiger partial charge in [-0.3, -0.25) is 18.0 Å². The van der Waals surface area contributed by atoms with Crippen molar-refractivity contribution in [3.8, 4) is 5.75 Å². The van der Waals surface area contributed by atoms with Crippen molar-refractivity contribution in [3.63, 3.8) is 0 Å². The predicted molar refractivity (Wildman–Crippen MR) is 87.4 cm³/mol. The molecule has 0 saturated carbocycles. The quantitative estimate of drug-likeness (QED) is 0.441. The van der Waals surface area contributed by atoms with Crippen LogP contribution < -0.4 is 20.3 Å². The molecule has 1 heterocycles. The van der Waals surface area contributed by atoms with E-state index in [-0.39, 0.29) is 19.0 Å². The van der Waals surface area contributed by atoms with E-state index in [4.69, 9.17) is 15.6 Å². The average Bonchev–Trinajstić information content (AvgIpc) is 2.39. The van der Waals surface area contributed by atoms with E-state index in [0.717, 1.165) is 0 Å². The highest BCUT2D eigenvalue weighted by atomic mass is 32.3. The number of anilines is 1. The Morgan fingerprint density at radius 2 is 1.96 bits per heavy atom. The van der Waals surface area contributed by atoms with Gasteiger partial charge in [0.15, 0.2) is 5.84 Å². The maximum atomic E-state index is 10.6. The molecule has 0 aliphatic carbocycles. The number of nitrogens with one attached hydrogen (secondary N) is 1. The molecule has 2 rings (SSSR count). The number of nitrogens with zero attached hydrogens (tertiary/aromatic N) is 1. The Morgan fingerprint density at radius 1 is 1.26 bits per heavy atom. The SMILES string of the molecule is NC1=NS(O)(O)Nc2cccc(OCCCCOS(N)(=O)=O)c21. The Balaban J connectivity index is 1.93. The first-order valence-corrected chi connectivity index (χ1v) is 9.50. The lowest BCUT2D eigenvalue weighted by Crippen LogP contribution is -2.25. The number of hydrogen-bond acceptors (Lipinski definition) is 9. The van der Waals surface area contributed by atoms with Crippen molar-refractivity contribution < 1.29 is 26.4 Å². The summed E-state index contributed by atoms with van der Waals surface area (Å²) >= 11 is 0. The van der Waals surface area contributed by atoms with E-state index in [1.54, 1.807) is 18.2 Å². The second kappa shape index (κ2) is 6.90. The van der Waals surface area contributed by atoms with Crippen molar-refractivity contribution in [2.75, 3.05) is 17.9 Å². The highest BCUT2D eigenvalue weighted by Gasteiger charge is 2.24. The molecule has 130 valence electrons. The molecule has 0 aromatic heterocycles. The molecule has 0 bridgehead atoms. The van der Waals surface area contributed by atoms with Crippen LogP contribution >= 0.6 is 11.0 Å². The lowest BCUT2D eigenvalue weighted by atomic mass is 10.1. The van der Waals surface area contributed by atoms with Crippen LogP contribution in [0.2, 0.25) is 0 Å². The second-order valence-electron chi connectivity index (χ2n) is 4.65. The number of fused-ring (bicyclic) bond motifs is 1. The number of amidine groups is 1. The summed E-state index contributed by atoms with van der Waals surface area (Å²) in [6.07, 6.45) is 0.965. The molecule has 10 nitrogen and oxygen atoms in total. The zero-order valence-electron chi connectivity index (χ0n) is 12.0. The molecule has 0 atom stereocenters. The topological polar surface area (TPSA) is 169 Å². The summed E-state index contributed by atoms with van der Waals surface area (Å²) in [4.78, 5) is 0. The Kier molecular flexibility index (Phi) is 5.33. The summed E-state index contributed by atoms with van der Waals surface area (Å²) < 4.78 is 56.4. The van der Waals surface area contributed by atoms with E-state index < -0.39 is 21.3 Å². The Bertz CT molecular complexity index is 706. The predicted octanol–water partition coefficient (Wildman–Crippen LogP) is 0.777. The van der Waals surface area contributed by atoms with Crippen LogP contribution in [0.4, 0.5) is 5.69 Å². The third kappa shape index (κ3) is 5.23. The molecule has 1 aromatic rings. The molecular formula is C11H18N4O6S2. The number of nitrogens with two attached hydrogens (primary N) is 2. The van der Waals surface area contributed by atoms with Crippen molar-refractivity contribution in [1.29, 1.82) is 0 Å². The summed E-state index contributed by atoms with van der Waals surface area (Å²) in [6.45, 7) is 0.259. The van der Waals surface area contributed by atoms with E-state index in [2.05, 4.69) is 13.3 Å². The fraction of sp³-hybridized carbons (Fsp3) is 0.364. The van der Waals surface area contributed by atoms with Crippen LogP contribution in [0.3, 0.4) is 0 Å². The third-order valence-corrected chi connectivity index (χ3v) is 4.24. The minimum absolute atomic E-state index is 0.0266. The smallest absolute Gasteiger partial charge is 0.333 e. The van der Waals surface area contributed by atoms with Crippen molar-refractivity contribution in [2.45, 2.75) is 12.8 Å². The van der Waals surface area contributed by atoms with Gasteiger partial charge in [0.2, 0.25) is 0 Å². The zero-order valence-corrected chi connectivity index (χ0v) is 13.6. The molecule has 0 spiro atoms. The van der Waals surface area contributed by atoms with E-state index in [9.17, 15) is 17.5 Å². The Morgan fingerprint density at radius 3 is 2.65 bits per heavy atom. The summed E-state index contributed by atoms with van der Waals surface area (Å²) in [7, 11) is -7.26. The van der Waals surface area contributed by atoms with Gasteiger partial charge in [0.1, 0.15) is 5.75 Å². The molecule has 7 N–H and O–H groups in total. The Labute approximate surface area is 135 Å². The largest absolute Gasteiger partial charge is 0.493 e. The van der Waals surface area contributed by atoms with Crippen molar-refractivity contribution in [2.24, 2.45) is 15.3 Å². The van der Waals surface area contributed by atoms with Crippen LogP contribution in [0.1, 0.15) is 18.4 Å². The second-order valence-corrected chi connectivity index (χ2v) is 7.29. The molecule has 12 heteroatoms. The first kappa shape index (κ1) is 17.8. The monoisotopic (exact) mass is 366 g/mol. The van der Waals surface area contributed by atoms with Gasteiger partial charge in [-0.15, -0.1) is 4.40 Å². The molecule has 0 radical (unpaired) electrons. The number of unbranched alkanes of at least 4 members (excludes halogenated alkanes) is 1. The van der Waals surface area contributed by atoms with Gasteiger partial charge in [0.05, 0.1) is 24.5 Å². The number of benzene rings is 1. The summed E-state index contributed by atoms with van der Waals surface area (Å²) in [6, 6.07) is 4.96. The normalized spacial score (nSPS) is 17.6. The van der Waals surface area contributed by atoms with Gasteiger partial charge in [-0.05, 0) is 35.9 Å². The van der Waals surface area contributed by atoms with E-state index in [1.807, 2.05) is 0 Å². The van der Waals surface area contributed by atoms with Crippen LogP contribution in [0.5, 0.6) is 5.75 Å². The van der Waals surface area contributed by atoms with Gasteiger partial charge < -0.3 is 10.5 Å². The lowest BCUT2D eigenvalue weighted by Gasteiger charge is -2.33. The molecule has 23 heavy (non-hydrogen) atoms. The maximum absolute atomic E-state index is 10.6. The molecule has 0 amide bonds. The lowest BCUT2D eigenvalue weighted by molar-refractivity contribution is 0.268. The minimum atomic E-state index is -3.92. The molecule has 0 unspecified atom stereocenters. The standard InChI is InChI=1S/C11H18N4O6S2/c12-11-10-8(14-23(18,19)15-11)4-3-5-9(10)20-6-1-2-7-21-22(13,16)17/h3-5,14,18-19H,1-2,6-7H2,(H2,12,15)(H2,13,16,17). The molecule has 1 aliphatic heterocycles. The number of hydrogen-bond donors (Lipinski definition) is 5. The highest BCUT2D eigenvalue weighted by Crippen LogP contribution is 2.46. The van der Waals surface area contributed by atoms with Crippen LogP contribution in [0.25, 0.3) is 0 Å². The van der Waals surface area contributed by atoms with E-state index >= 15 is 0 Å². The molecule has 0 saturated heterocycles. The maximum Gasteiger partial charge on any atom is 0.333 e. The van der Waals surface area contributed by atoms with Crippen molar-refractivity contribution >= 4 is 32.8 Å². The van der Waals surface area contributed by atoms with Crippen LogP contribution in [0, 0.1) is 0 Å². The molecule has 1 aromatic carbocycles. The highest BCUT2D eigenvalue weighted by molar-refractivity contribution is 8.24. The number of rotatable bonds is 7. The number of ether oxygens (including phenoxy) is 1. The fourth-order valence-corrected chi connectivity index (χ4v) is 3.14. The third-order valence-electron chi connectivity index (χ3n) is 2.80. The first-order chi connectivity index (χ1) is 10.7. The van der Waals surface area contributed by atoms with Crippen LogP contribution in [0.15, 0.2) is 22.6 Å². The first-order valence-electron chi connectivity index (χ1n) is 6.53. The summed E-state index contributed by atoms with van der Waals surface area (Å²) in [5.74, 6) is 0.394. The van der Waals surface area contributed by atoms with Gasteiger partial charge in [0, 0.05) is 0 Å². The average molecular weight is 366 g/mol. The van der Waals surface area contributed by atoms with Crippen molar-refractivity contribution in [3.05, 3.63) is 23.8 Å². The van der Waals surface area contributed by atoms with Gasteiger partial charge in [0.25, 0.3) is 0 Å².